The molecule has 0 bridgehead atoms. The average molecular weight is 282 g/mol. The van der Waals surface area contributed by atoms with Crippen molar-refractivity contribution in [1.29, 1.82) is 0 Å². The smallest absolute Gasteiger partial charge is 0.177 e. The number of Topliss-reactive ketones (excluding diaryl/α,β-unsaturated/α-hetero) is 1. The van der Waals surface area contributed by atoms with E-state index in [-0.39, 0.29) is 18.3 Å². The van der Waals surface area contributed by atoms with Gasteiger partial charge in [-0.05, 0) is 24.8 Å². The zero-order chi connectivity index (χ0) is 14.0. The van der Waals surface area contributed by atoms with Crippen molar-refractivity contribution in [3.8, 4) is 0 Å². The molecule has 106 valence electrons. The van der Waals surface area contributed by atoms with Gasteiger partial charge in [0, 0.05) is 25.6 Å². The Hall–Kier alpha value is -1.07. The summed E-state index contributed by atoms with van der Waals surface area (Å²) in [5.74, 6) is 0.422. The Labute approximate surface area is 118 Å². The van der Waals surface area contributed by atoms with E-state index in [1.165, 1.54) is 11.3 Å². The molecule has 19 heavy (non-hydrogen) atoms. The van der Waals surface area contributed by atoms with E-state index >= 15 is 0 Å². The van der Waals surface area contributed by atoms with Crippen molar-refractivity contribution >= 4 is 27.8 Å². The molecule has 0 amide bonds. The predicted octanol–water partition coefficient (Wildman–Crippen LogP) is 2.38. The van der Waals surface area contributed by atoms with Crippen LogP contribution in [0.5, 0.6) is 0 Å². The highest BCUT2D eigenvalue weighted by atomic mass is 32.1. The number of hydrogen-bond acceptors (Lipinski definition) is 5. The Morgan fingerprint density at radius 2 is 2.37 bits per heavy atom. The summed E-state index contributed by atoms with van der Waals surface area (Å²) in [5.41, 5.74) is 6.56. The van der Waals surface area contributed by atoms with Gasteiger partial charge in [-0.15, -0.1) is 11.3 Å². The van der Waals surface area contributed by atoms with Crippen molar-refractivity contribution in [2.75, 3.05) is 30.3 Å². The first-order chi connectivity index (χ1) is 9.02. The minimum atomic E-state index is -0.0275. The highest BCUT2D eigenvalue weighted by Crippen LogP contribution is 2.35. The Bertz CT molecular complexity index is 456. The first-order valence-electron chi connectivity index (χ1n) is 6.82. The number of carbonyl (C=O) groups is 1. The van der Waals surface area contributed by atoms with E-state index < -0.39 is 0 Å². The first-order valence-corrected chi connectivity index (χ1v) is 7.64. The molecule has 1 unspecified atom stereocenters. The molecule has 1 saturated heterocycles. The standard InChI is InChI=1S/C14H22N2O2S/c1-9(2)13(18)14-11(15)6-12(19-14)16-5-3-4-10(7-16)8-17/h6,9-10,17H,3-5,7-8,15H2,1-2H3. The van der Waals surface area contributed by atoms with Crippen LogP contribution in [-0.4, -0.2) is 30.6 Å². The quantitative estimate of drug-likeness (QED) is 0.832. The Kier molecular flexibility index (Phi) is 4.47. The van der Waals surface area contributed by atoms with Gasteiger partial charge in [0.15, 0.2) is 5.78 Å². The summed E-state index contributed by atoms with van der Waals surface area (Å²) in [7, 11) is 0. The molecule has 1 aromatic heterocycles. The second-order valence-electron chi connectivity index (χ2n) is 5.52. The molecule has 2 heterocycles. The molecule has 2 rings (SSSR count). The maximum atomic E-state index is 12.1. The van der Waals surface area contributed by atoms with E-state index in [1.54, 1.807) is 0 Å². The van der Waals surface area contributed by atoms with Crippen molar-refractivity contribution in [1.82, 2.24) is 0 Å². The third kappa shape index (κ3) is 3.09. The maximum Gasteiger partial charge on any atom is 0.177 e. The van der Waals surface area contributed by atoms with E-state index in [0.717, 1.165) is 30.9 Å². The lowest BCUT2D eigenvalue weighted by molar-refractivity contribution is 0.0944. The van der Waals surface area contributed by atoms with Crippen molar-refractivity contribution in [3.63, 3.8) is 0 Å². The fourth-order valence-corrected chi connectivity index (χ4v) is 3.62. The molecule has 1 aromatic rings. The number of nitrogen functional groups attached to an aromatic ring is 1. The molecule has 4 nitrogen and oxygen atoms in total. The summed E-state index contributed by atoms with van der Waals surface area (Å²) in [4.78, 5) is 15.0. The predicted molar refractivity (Wildman–Crippen MR) is 79.9 cm³/mol. The van der Waals surface area contributed by atoms with Gasteiger partial charge in [-0.1, -0.05) is 13.8 Å². The molecule has 1 aliphatic rings. The average Bonchev–Trinajstić information content (AvgIpc) is 2.80. The number of ketones is 1. The highest BCUT2D eigenvalue weighted by molar-refractivity contribution is 7.18. The zero-order valence-electron chi connectivity index (χ0n) is 11.6. The molecule has 1 atom stereocenters. The molecule has 0 radical (unpaired) electrons. The summed E-state index contributed by atoms with van der Waals surface area (Å²) in [6.07, 6.45) is 2.15. The zero-order valence-corrected chi connectivity index (χ0v) is 12.4. The molecule has 0 aliphatic carbocycles. The van der Waals surface area contributed by atoms with E-state index in [1.807, 2.05) is 19.9 Å². The van der Waals surface area contributed by atoms with Crippen LogP contribution in [0.15, 0.2) is 6.07 Å². The topological polar surface area (TPSA) is 66.6 Å². The third-order valence-corrected chi connectivity index (χ3v) is 4.81. The Balaban J connectivity index is 2.17. The molecular formula is C14H22N2O2S. The van der Waals surface area contributed by atoms with Gasteiger partial charge in [-0.25, -0.2) is 0 Å². The molecule has 1 aliphatic heterocycles. The number of nitrogens with zero attached hydrogens (tertiary/aromatic N) is 1. The monoisotopic (exact) mass is 282 g/mol. The number of aliphatic hydroxyl groups is 1. The van der Waals surface area contributed by atoms with Crippen LogP contribution in [0.1, 0.15) is 36.4 Å². The SMILES string of the molecule is CC(C)C(=O)c1sc(N2CCCC(CO)C2)cc1N. The first kappa shape index (κ1) is 14.3. The van der Waals surface area contributed by atoms with Crippen LogP contribution in [-0.2, 0) is 0 Å². The van der Waals surface area contributed by atoms with Gasteiger partial charge in [0.25, 0.3) is 0 Å². The van der Waals surface area contributed by atoms with Gasteiger partial charge in [0.2, 0.25) is 0 Å². The molecule has 0 spiro atoms. The highest BCUT2D eigenvalue weighted by Gasteiger charge is 2.23. The largest absolute Gasteiger partial charge is 0.397 e. The summed E-state index contributed by atoms with van der Waals surface area (Å²) in [5, 5.41) is 10.3. The van der Waals surface area contributed by atoms with Gasteiger partial charge < -0.3 is 15.7 Å². The van der Waals surface area contributed by atoms with Crippen LogP contribution in [0.2, 0.25) is 0 Å². The van der Waals surface area contributed by atoms with E-state index in [9.17, 15) is 9.90 Å². The van der Waals surface area contributed by atoms with Crippen LogP contribution in [0.4, 0.5) is 10.7 Å². The van der Waals surface area contributed by atoms with E-state index in [4.69, 9.17) is 5.73 Å². The van der Waals surface area contributed by atoms with Crippen molar-refractivity contribution < 1.29 is 9.90 Å². The second-order valence-corrected chi connectivity index (χ2v) is 6.56. The summed E-state index contributed by atoms with van der Waals surface area (Å²) >= 11 is 1.48. The van der Waals surface area contributed by atoms with Crippen LogP contribution >= 0.6 is 11.3 Å². The Morgan fingerprint density at radius 1 is 1.63 bits per heavy atom. The number of aliphatic hydroxyl groups excluding tert-OH is 1. The van der Waals surface area contributed by atoms with Gasteiger partial charge in [-0.3, -0.25) is 4.79 Å². The number of hydrogen-bond donors (Lipinski definition) is 2. The number of piperidine rings is 1. The minimum Gasteiger partial charge on any atom is -0.397 e. The van der Waals surface area contributed by atoms with Crippen LogP contribution < -0.4 is 10.6 Å². The minimum absolute atomic E-state index is 0.0275. The molecule has 0 aromatic carbocycles. The van der Waals surface area contributed by atoms with Crippen molar-refractivity contribution in [2.45, 2.75) is 26.7 Å². The normalized spacial score (nSPS) is 20.0. The number of carbonyl (C=O) groups excluding carboxylic acids is 1. The molecule has 1 fully saturated rings. The van der Waals surface area contributed by atoms with Gasteiger partial charge in [-0.2, -0.15) is 0 Å². The lowest BCUT2D eigenvalue weighted by atomic mass is 9.99. The maximum absolute atomic E-state index is 12.1. The lowest BCUT2D eigenvalue weighted by Crippen LogP contribution is -2.36. The molecule has 0 saturated carbocycles. The third-order valence-electron chi connectivity index (χ3n) is 3.58. The fourth-order valence-electron chi connectivity index (χ4n) is 2.42. The number of thiophene rings is 1. The Morgan fingerprint density at radius 3 is 3.00 bits per heavy atom. The van der Waals surface area contributed by atoms with Crippen molar-refractivity contribution in [2.24, 2.45) is 11.8 Å². The summed E-state index contributed by atoms with van der Waals surface area (Å²) < 4.78 is 0. The lowest BCUT2D eigenvalue weighted by Gasteiger charge is -2.32. The number of rotatable bonds is 4. The summed E-state index contributed by atoms with van der Waals surface area (Å²) in [6.45, 7) is 5.85. The van der Waals surface area contributed by atoms with E-state index in [2.05, 4.69) is 4.90 Å². The molecular weight excluding hydrogens is 260 g/mol. The second kappa shape index (κ2) is 5.92. The van der Waals surface area contributed by atoms with Crippen LogP contribution in [0, 0.1) is 11.8 Å². The molecule has 5 heteroatoms. The van der Waals surface area contributed by atoms with Crippen molar-refractivity contribution in [3.05, 3.63) is 10.9 Å². The van der Waals surface area contributed by atoms with Gasteiger partial charge >= 0.3 is 0 Å². The van der Waals surface area contributed by atoms with Crippen LogP contribution in [0.25, 0.3) is 0 Å². The number of nitrogens with two attached hydrogens (primary N) is 1. The van der Waals surface area contributed by atoms with E-state index in [0.29, 0.717) is 16.5 Å². The fraction of sp³-hybridized carbons (Fsp3) is 0.643. The van der Waals surface area contributed by atoms with Gasteiger partial charge in [0.05, 0.1) is 15.6 Å². The molecule has 3 N–H and O–H groups in total. The van der Waals surface area contributed by atoms with Gasteiger partial charge in [0.1, 0.15) is 0 Å². The number of anilines is 2. The van der Waals surface area contributed by atoms with Crippen LogP contribution in [0.3, 0.4) is 0 Å². The summed E-state index contributed by atoms with van der Waals surface area (Å²) in [6, 6.07) is 1.90.